The van der Waals surface area contributed by atoms with Gasteiger partial charge in [-0.15, -0.1) is 11.3 Å². The molecular formula is C23H20N4O3S2. The van der Waals surface area contributed by atoms with E-state index in [0.29, 0.717) is 43.0 Å². The number of rotatable bonds is 4. The first-order valence-corrected chi connectivity index (χ1v) is 12.5. The standard InChI is InChI=1S/C23H20N4O3S2/c28-23-18-7-2-1-6-17(18)19(25-32(29,30)22-9-5-15-31-22)16-20(23)26-11-13-27(14-12-26)21-8-3-4-10-24-21/h1-10,15-16H,11-14H2. The van der Waals surface area contributed by atoms with Crippen LogP contribution in [0.3, 0.4) is 0 Å². The van der Waals surface area contributed by atoms with Gasteiger partial charge < -0.3 is 9.80 Å². The van der Waals surface area contributed by atoms with E-state index in [4.69, 9.17) is 0 Å². The van der Waals surface area contributed by atoms with Crippen LogP contribution in [0.25, 0.3) is 0 Å². The molecule has 0 radical (unpaired) electrons. The van der Waals surface area contributed by atoms with Crippen LogP contribution in [0, 0.1) is 0 Å². The van der Waals surface area contributed by atoms with E-state index < -0.39 is 10.0 Å². The monoisotopic (exact) mass is 464 g/mol. The van der Waals surface area contributed by atoms with Gasteiger partial charge in [-0.2, -0.15) is 12.8 Å². The Kier molecular flexibility index (Phi) is 5.36. The van der Waals surface area contributed by atoms with Crippen LogP contribution in [0.1, 0.15) is 15.9 Å². The van der Waals surface area contributed by atoms with Crippen molar-refractivity contribution in [3.8, 4) is 0 Å². The van der Waals surface area contributed by atoms with E-state index in [-0.39, 0.29) is 15.7 Å². The molecule has 0 unspecified atom stereocenters. The van der Waals surface area contributed by atoms with E-state index in [0.717, 1.165) is 17.2 Å². The van der Waals surface area contributed by atoms with Crippen LogP contribution in [-0.4, -0.2) is 56.0 Å². The maximum absolute atomic E-state index is 13.3. The lowest BCUT2D eigenvalue weighted by molar-refractivity contribution is 0.0987. The smallest absolute Gasteiger partial charge is 0.292 e. The lowest BCUT2D eigenvalue weighted by atomic mass is 9.91. The molecule has 7 nitrogen and oxygen atoms in total. The van der Waals surface area contributed by atoms with Crippen LogP contribution >= 0.6 is 11.3 Å². The summed E-state index contributed by atoms with van der Waals surface area (Å²) in [5, 5.41) is 1.70. The number of carbonyl (C=O) groups excluding carboxylic acids is 1. The van der Waals surface area contributed by atoms with Crippen molar-refractivity contribution in [1.29, 1.82) is 0 Å². The number of benzene rings is 1. The van der Waals surface area contributed by atoms with Crippen LogP contribution in [0.15, 0.2) is 86.6 Å². The van der Waals surface area contributed by atoms with E-state index in [1.54, 1.807) is 48.0 Å². The minimum atomic E-state index is -3.86. The van der Waals surface area contributed by atoms with Crippen molar-refractivity contribution >= 4 is 38.7 Å². The molecule has 1 aliphatic carbocycles. The second kappa shape index (κ2) is 8.33. The molecule has 0 spiro atoms. The zero-order valence-electron chi connectivity index (χ0n) is 17.1. The molecule has 1 fully saturated rings. The number of hydrogen-bond acceptors (Lipinski definition) is 7. The second-order valence-corrected chi connectivity index (χ2v) is 10.2. The number of sulfonamides is 1. The van der Waals surface area contributed by atoms with Gasteiger partial charge in [0.2, 0.25) is 5.78 Å². The van der Waals surface area contributed by atoms with E-state index in [1.807, 2.05) is 23.1 Å². The molecule has 9 heteroatoms. The van der Waals surface area contributed by atoms with Gasteiger partial charge in [0.1, 0.15) is 10.0 Å². The Balaban J connectivity index is 1.48. The molecule has 1 saturated heterocycles. The molecule has 1 aliphatic heterocycles. The van der Waals surface area contributed by atoms with Crippen molar-refractivity contribution in [1.82, 2.24) is 9.88 Å². The highest BCUT2D eigenvalue weighted by Crippen LogP contribution is 2.27. The van der Waals surface area contributed by atoms with Gasteiger partial charge in [-0.05, 0) is 29.7 Å². The molecule has 3 aromatic rings. The van der Waals surface area contributed by atoms with Gasteiger partial charge >= 0.3 is 0 Å². The van der Waals surface area contributed by atoms with Crippen LogP contribution in [0.4, 0.5) is 5.82 Å². The molecule has 0 bridgehead atoms. The summed E-state index contributed by atoms with van der Waals surface area (Å²) in [5.41, 5.74) is 1.77. The lowest BCUT2D eigenvalue weighted by Crippen LogP contribution is -2.48. The Bertz CT molecular complexity index is 1310. The Morgan fingerprint density at radius 1 is 0.875 bits per heavy atom. The molecular weight excluding hydrogens is 444 g/mol. The predicted molar refractivity (Wildman–Crippen MR) is 125 cm³/mol. The molecule has 3 heterocycles. The van der Waals surface area contributed by atoms with Crippen LogP contribution in [-0.2, 0) is 10.0 Å². The number of allylic oxidation sites excluding steroid dienone is 2. The van der Waals surface area contributed by atoms with Crippen molar-refractivity contribution in [2.45, 2.75) is 4.21 Å². The fourth-order valence-corrected chi connectivity index (χ4v) is 5.89. The minimum Gasteiger partial charge on any atom is -0.365 e. The third-order valence-electron chi connectivity index (χ3n) is 5.52. The first-order valence-electron chi connectivity index (χ1n) is 10.2. The predicted octanol–water partition coefficient (Wildman–Crippen LogP) is 3.22. The molecule has 2 aromatic heterocycles. The average molecular weight is 465 g/mol. The van der Waals surface area contributed by atoms with Gasteiger partial charge in [0.05, 0.1) is 11.4 Å². The highest BCUT2D eigenvalue weighted by Gasteiger charge is 2.31. The molecule has 1 aromatic carbocycles. The molecule has 2 aliphatic rings. The molecule has 5 rings (SSSR count). The fraction of sp³-hybridized carbons (Fsp3) is 0.174. The molecule has 0 saturated carbocycles. The molecule has 32 heavy (non-hydrogen) atoms. The van der Waals surface area contributed by atoms with E-state index >= 15 is 0 Å². The average Bonchev–Trinajstić information content (AvgIpc) is 3.38. The molecule has 162 valence electrons. The van der Waals surface area contributed by atoms with Crippen molar-refractivity contribution in [2.75, 3.05) is 31.1 Å². The first kappa shape index (κ1) is 20.6. The SMILES string of the molecule is O=C1C(N2CCN(c3ccccn3)CC2)=CC(=NS(=O)(=O)c2cccs2)c2ccccc21. The van der Waals surface area contributed by atoms with Crippen molar-refractivity contribution < 1.29 is 13.2 Å². The fourth-order valence-electron chi connectivity index (χ4n) is 3.93. The number of nitrogens with zero attached hydrogens (tertiary/aromatic N) is 4. The summed E-state index contributed by atoms with van der Waals surface area (Å²) in [6.07, 6.45) is 3.38. The van der Waals surface area contributed by atoms with Gasteiger partial charge in [-0.1, -0.05) is 36.4 Å². The number of ketones is 1. The summed E-state index contributed by atoms with van der Waals surface area (Å²) in [4.78, 5) is 21.9. The number of fused-ring (bicyclic) bond motifs is 1. The Labute approximate surface area is 190 Å². The maximum Gasteiger partial charge on any atom is 0.292 e. The van der Waals surface area contributed by atoms with Crippen molar-refractivity contribution in [2.24, 2.45) is 4.40 Å². The number of aromatic nitrogens is 1. The second-order valence-electron chi connectivity index (χ2n) is 7.45. The molecule has 0 atom stereocenters. The van der Waals surface area contributed by atoms with Gasteiger partial charge in [-0.3, -0.25) is 4.79 Å². The van der Waals surface area contributed by atoms with E-state index in [1.165, 1.54) is 6.07 Å². The number of carbonyl (C=O) groups is 1. The third-order valence-corrected chi connectivity index (χ3v) is 8.18. The van der Waals surface area contributed by atoms with Gasteiger partial charge in [0, 0.05) is 43.5 Å². The van der Waals surface area contributed by atoms with Crippen molar-refractivity contribution in [3.63, 3.8) is 0 Å². The summed E-state index contributed by atoms with van der Waals surface area (Å²) < 4.78 is 29.9. The van der Waals surface area contributed by atoms with Crippen LogP contribution < -0.4 is 4.90 Å². The normalized spacial score (nSPS) is 17.9. The molecule has 0 amide bonds. The number of pyridine rings is 1. The molecule has 0 N–H and O–H groups in total. The van der Waals surface area contributed by atoms with Crippen LogP contribution in [0.2, 0.25) is 0 Å². The quantitative estimate of drug-likeness (QED) is 0.590. The maximum atomic E-state index is 13.3. The summed E-state index contributed by atoms with van der Waals surface area (Å²) in [6, 6.07) is 16.0. The highest BCUT2D eigenvalue weighted by atomic mass is 32.2. The summed E-state index contributed by atoms with van der Waals surface area (Å²) >= 11 is 1.12. The van der Waals surface area contributed by atoms with Gasteiger partial charge in [0.25, 0.3) is 10.0 Å². The largest absolute Gasteiger partial charge is 0.365 e. The first-order chi connectivity index (χ1) is 15.5. The third kappa shape index (κ3) is 3.85. The van der Waals surface area contributed by atoms with Crippen LogP contribution in [0.5, 0.6) is 0 Å². The highest BCUT2D eigenvalue weighted by molar-refractivity contribution is 7.92. The Morgan fingerprint density at radius 2 is 1.59 bits per heavy atom. The summed E-state index contributed by atoms with van der Waals surface area (Å²) in [6.45, 7) is 2.68. The number of hydrogen-bond donors (Lipinski definition) is 0. The van der Waals surface area contributed by atoms with E-state index in [2.05, 4.69) is 14.3 Å². The van der Waals surface area contributed by atoms with Crippen molar-refractivity contribution in [3.05, 3.63) is 89.1 Å². The Morgan fingerprint density at radius 3 is 2.28 bits per heavy atom. The van der Waals surface area contributed by atoms with Gasteiger partial charge in [0.15, 0.2) is 0 Å². The number of thiophene rings is 1. The summed E-state index contributed by atoms with van der Waals surface area (Å²) in [5.74, 6) is 0.796. The zero-order chi connectivity index (χ0) is 22.1. The van der Waals surface area contributed by atoms with E-state index in [9.17, 15) is 13.2 Å². The topological polar surface area (TPSA) is 82.9 Å². The zero-order valence-corrected chi connectivity index (χ0v) is 18.7. The number of piperazine rings is 1. The number of Topliss-reactive ketones (excluding diaryl/α,β-unsaturated/α-hetero) is 1. The number of anilines is 1. The van der Waals surface area contributed by atoms with Gasteiger partial charge in [-0.25, -0.2) is 4.98 Å². The Hall–Kier alpha value is -3.30. The minimum absolute atomic E-state index is 0.112. The lowest BCUT2D eigenvalue weighted by Gasteiger charge is -2.38. The summed E-state index contributed by atoms with van der Waals surface area (Å²) in [7, 11) is -3.86.